The fourth-order valence-corrected chi connectivity index (χ4v) is 1.60. The highest BCUT2D eigenvalue weighted by Gasteiger charge is 2.20. The number of rotatable bonds is 3. The van der Waals surface area contributed by atoms with Crippen LogP contribution in [0.3, 0.4) is 0 Å². The lowest BCUT2D eigenvalue weighted by molar-refractivity contribution is 0.169. The van der Waals surface area contributed by atoms with E-state index in [1.54, 1.807) is 0 Å². The normalized spacial score (nSPS) is 16.4. The van der Waals surface area contributed by atoms with E-state index in [-0.39, 0.29) is 6.03 Å². The standard InChI is InChI=1S/C10H21N3O/c1-11(2)8-9-12(3)10(14)13-6-4-5-7-13/h4-9H2,1-3H3. The second-order valence-corrected chi connectivity index (χ2v) is 4.20. The third-order valence-electron chi connectivity index (χ3n) is 2.59. The van der Waals surface area contributed by atoms with Crippen molar-refractivity contribution < 1.29 is 4.79 Å². The van der Waals surface area contributed by atoms with Gasteiger partial charge in [-0.1, -0.05) is 0 Å². The summed E-state index contributed by atoms with van der Waals surface area (Å²) < 4.78 is 0. The van der Waals surface area contributed by atoms with E-state index in [4.69, 9.17) is 0 Å². The Labute approximate surface area is 86.5 Å². The predicted octanol–water partition coefficient (Wildman–Crippen LogP) is 0.696. The third kappa shape index (κ3) is 3.18. The molecule has 1 aliphatic heterocycles. The largest absolute Gasteiger partial charge is 0.326 e. The van der Waals surface area contributed by atoms with Crippen molar-refractivity contribution in [3.8, 4) is 0 Å². The van der Waals surface area contributed by atoms with Crippen LogP contribution in [0.4, 0.5) is 4.79 Å². The molecule has 0 aromatic rings. The zero-order chi connectivity index (χ0) is 10.6. The minimum absolute atomic E-state index is 0.185. The van der Waals surface area contributed by atoms with E-state index in [0.717, 1.165) is 39.0 Å². The lowest BCUT2D eigenvalue weighted by Crippen LogP contribution is -2.42. The maximum atomic E-state index is 11.8. The lowest BCUT2D eigenvalue weighted by atomic mass is 10.4. The highest BCUT2D eigenvalue weighted by Crippen LogP contribution is 2.09. The summed E-state index contributed by atoms with van der Waals surface area (Å²) >= 11 is 0. The molecule has 1 fully saturated rings. The molecule has 0 N–H and O–H groups in total. The van der Waals surface area contributed by atoms with Crippen molar-refractivity contribution in [1.29, 1.82) is 0 Å². The van der Waals surface area contributed by atoms with Crippen molar-refractivity contribution >= 4 is 6.03 Å². The molecule has 0 saturated carbocycles. The zero-order valence-electron chi connectivity index (χ0n) is 9.49. The van der Waals surface area contributed by atoms with Crippen LogP contribution in [-0.4, -0.2) is 68.1 Å². The quantitative estimate of drug-likeness (QED) is 0.669. The first-order chi connectivity index (χ1) is 6.61. The van der Waals surface area contributed by atoms with E-state index < -0.39 is 0 Å². The third-order valence-corrected chi connectivity index (χ3v) is 2.59. The molecule has 1 heterocycles. The minimum Gasteiger partial charge on any atom is -0.326 e. The number of hydrogen-bond acceptors (Lipinski definition) is 2. The van der Waals surface area contributed by atoms with Gasteiger partial charge in [0.15, 0.2) is 0 Å². The summed E-state index contributed by atoms with van der Waals surface area (Å²) in [6.07, 6.45) is 2.32. The average Bonchev–Trinajstić information content (AvgIpc) is 2.65. The highest BCUT2D eigenvalue weighted by molar-refractivity contribution is 5.74. The van der Waals surface area contributed by atoms with Crippen LogP contribution in [0.2, 0.25) is 0 Å². The van der Waals surface area contributed by atoms with Crippen molar-refractivity contribution in [3.05, 3.63) is 0 Å². The molecule has 0 aromatic carbocycles. The molecule has 14 heavy (non-hydrogen) atoms. The Bertz CT molecular complexity index is 188. The maximum absolute atomic E-state index is 11.8. The van der Waals surface area contributed by atoms with Crippen LogP contribution in [0.25, 0.3) is 0 Å². The summed E-state index contributed by atoms with van der Waals surface area (Å²) in [6, 6.07) is 0.185. The molecule has 0 aromatic heterocycles. The van der Waals surface area contributed by atoms with Gasteiger partial charge in [-0.15, -0.1) is 0 Å². The molecule has 0 atom stereocenters. The Kier molecular flexibility index (Phi) is 4.20. The van der Waals surface area contributed by atoms with Crippen molar-refractivity contribution in [3.63, 3.8) is 0 Å². The fraction of sp³-hybridized carbons (Fsp3) is 0.900. The molecule has 4 heteroatoms. The number of amides is 2. The second-order valence-electron chi connectivity index (χ2n) is 4.20. The van der Waals surface area contributed by atoms with Gasteiger partial charge in [0.2, 0.25) is 0 Å². The molecule has 0 unspecified atom stereocenters. The van der Waals surface area contributed by atoms with E-state index in [0.29, 0.717) is 0 Å². The van der Waals surface area contributed by atoms with Gasteiger partial charge in [0.1, 0.15) is 0 Å². The smallest absolute Gasteiger partial charge is 0.319 e. The van der Waals surface area contributed by atoms with Crippen molar-refractivity contribution in [2.45, 2.75) is 12.8 Å². The molecule has 0 spiro atoms. The van der Waals surface area contributed by atoms with Gasteiger partial charge in [0.05, 0.1) is 0 Å². The lowest BCUT2D eigenvalue weighted by Gasteiger charge is -2.25. The molecule has 0 aliphatic carbocycles. The van der Waals surface area contributed by atoms with Gasteiger partial charge < -0.3 is 14.7 Å². The summed E-state index contributed by atoms with van der Waals surface area (Å²) in [5, 5.41) is 0. The van der Waals surface area contributed by atoms with Gasteiger partial charge in [-0.2, -0.15) is 0 Å². The molecule has 0 radical (unpaired) electrons. The van der Waals surface area contributed by atoms with Gasteiger partial charge in [-0.05, 0) is 26.9 Å². The summed E-state index contributed by atoms with van der Waals surface area (Å²) in [6.45, 7) is 3.61. The number of likely N-dealkylation sites (N-methyl/N-ethyl adjacent to an activating group) is 2. The second kappa shape index (κ2) is 5.20. The first-order valence-electron chi connectivity index (χ1n) is 5.26. The summed E-state index contributed by atoms with van der Waals surface area (Å²) in [7, 11) is 5.92. The first kappa shape index (κ1) is 11.3. The number of carbonyl (C=O) groups is 1. The zero-order valence-corrected chi connectivity index (χ0v) is 9.49. The molecular weight excluding hydrogens is 178 g/mol. The summed E-state index contributed by atoms with van der Waals surface area (Å²) in [5.74, 6) is 0. The van der Waals surface area contributed by atoms with Crippen LogP contribution in [0, 0.1) is 0 Å². The molecular formula is C10H21N3O. The molecule has 0 bridgehead atoms. The number of urea groups is 1. The number of nitrogens with zero attached hydrogens (tertiary/aromatic N) is 3. The topological polar surface area (TPSA) is 26.8 Å². The van der Waals surface area contributed by atoms with Gasteiger partial charge in [0.25, 0.3) is 0 Å². The van der Waals surface area contributed by atoms with Gasteiger partial charge in [0, 0.05) is 33.2 Å². The Balaban J connectivity index is 2.28. The van der Waals surface area contributed by atoms with Crippen LogP contribution in [0.1, 0.15) is 12.8 Å². The average molecular weight is 199 g/mol. The minimum atomic E-state index is 0.185. The monoisotopic (exact) mass is 199 g/mol. The number of carbonyl (C=O) groups excluding carboxylic acids is 1. The van der Waals surface area contributed by atoms with E-state index in [2.05, 4.69) is 4.90 Å². The van der Waals surface area contributed by atoms with Gasteiger partial charge in [-0.25, -0.2) is 4.79 Å². The van der Waals surface area contributed by atoms with Crippen molar-refractivity contribution in [1.82, 2.24) is 14.7 Å². The molecule has 4 nitrogen and oxygen atoms in total. The van der Waals surface area contributed by atoms with E-state index in [1.807, 2.05) is 30.9 Å². The summed E-state index contributed by atoms with van der Waals surface area (Å²) in [5.41, 5.74) is 0. The van der Waals surface area contributed by atoms with E-state index in [1.165, 1.54) is 0 Å². The summed E-state index contributed by atoms with van der Waals surface area (Å²) in [4.78, 5) is 17.6. The Morgan fingerprint density at radius 1 is 1.14 bits per heavy atom. The first-order valence-corrected chi connectivity index (χ1v) is 5.26. The Hall–Kier alpha value is -0.770. The fourth-order valence-electron chi connectivity index (χ4n) is 1.60. The van der Waals surface area contributed by atoms with Crippen LogP contribution < -0.4 is 0 Å². The molecule has 1 rings (SSSR count). The molecule has 1 aliphatic rings. The number of hydrogen-bond donors (Lipinski definition) is 0. The Morgan fingerprint density at radius 2 is 1.71 bits per heavy atom. The SMILES string of the molecule is CN(C)CCN(C)C(=O)N1CCCC1. The Morgan fingerprint density at radius 3 is 2.21 bits per heavy atom. The van der Waals surface area contributed by atoms with Gasteiger partial charge >= 0.3 is 6.03 Å². The van der Waals surface area contributed by atoms with Crippen LogP contribution in [0.15, 0.2) is 0 Å². The van der Waals surface area contributed by atoms with Crippen molar-refractivity contribution in [2.75, 3.05) is 47.3 Å². The van der Waals surface area contributed by atoms with Crippen LogP contribution >= 0.6 is 0 Å². The van der Waals surface area contributed by atoms with E-state index in [9.17, 15) is 4.79 Å². The number of likely N-dealkylation sites (tertiary alicyclic amines) is 1. The van der Waals surface area contributed by atoms with Crippen LogP contribution in [0.5, 0.6) is 0 Å². The molecule has 82 valence electrons. The van der Waals surface area contributed by atoms with Crippen LogP contribution in [-0.2, 0) is 0 Å². The molecule has 2 amide bonds. The van der Waals surface area contributed by atoms with Gasteiger partial charge in [-0.3, -0.25) is 0 Å². The molecule has 1 saturated heterocycles. The highest BCUT2D eigenvalue weighted by atomic mass is 16.2. The van der Waals surface area contributed by atoms with E-state index >= 15 is 0 Å². The predicted molar refractivity (Wildman–Crippen MR) is 57.4 cm³/mol. The maximum Gasteiger partial charge on any atom is 0.319 e. The van der Waals surface area contributed by atoms with Crippen molar-refractivity contribution in [2.24, 2.45) is 0 Å².